The Kier molecular flexibility index (Phi) is 7.10. The number of likely N-dealkylation sites (N-methyl/N-ethyl adjacent to an activating group) is 1. The molecular formula is C22H24ClN3O4. The molecule has 30 heavy (non-hydrogen) atoms. The molecule has 158 valence electrons. The fourth-order valence-corrected chi connectivity index (χ4v) is 3.42. The lowest BCUT2D eigenvalue weighted by molar-refractivity contribution is -0.140. The number of aromatic amines is 1. The molecule has 2 aromatic carbocycles. The average Bonchev–Trinajstić information content (AvgIpc) is 3.16. The fraction of sp³-hybridized carbons (Fsp3) is 0.273. The summed E-state index contributed by atoms with van der Waals surface area (Å²) < 4.78 is 0. The van der Waals surface area contributed by atoms with Crippen LogP contribution in [-0.4, -0.2) is 64.3 Å². The second-order valence-corrected chi connectivity index (χ2v) is 7.55. The van der Waals surface area contributed by atoms with E-state index in [1.165, 1.54) is 11.9 Å². The molecule has 0 saturated heterocycles. The van der Waals surface area contributed by atoms with Gasteiger partial charge in [0.15, 0.2) is 6.10 Å². The van der Waals surface area contributed by atoms with Crippen LogP contribution in [0, 0.1) is 0 Å². The Morgan fingerprint density at radius 2 is 1.90 bits per heavy atom. The van der Waals surface area contributed by atoms with Crippen LogP contribution in [0.2, 0.25) is 5.02 Å². The van der Waals surface area contributed by atoms with E-state index < -0.39 is 24.0 Å². The molecule has 0 aliphatic rings. The SMILES string of the molecule is CN(CCO)C(=O)[C@H](O)[C@H](Cc1ccccc1)NC(=O)c1cc2cc(Cl)ccc2[nH]1. The van der Waals surface area contributed by atoms with Crippen molar-refractivity contribution in [2.24, 2.45) is 0 Å². The monoisotopic (exact) mass is 429 g/mol. The minimum atomic E-state index is -1.47. The number of hydrogen-bond acceptors (Lipinski definition) is 4. The van der Waals surface area contributed by atoms with E-state index in [9.17, 15) is 14.7 Å². The third-order valence-electron chi connectivity index (χ3n) is 4.89. The molecule has 2 atom stereocenters. The molecule has 2 amide bonds. The van der Waals surface area contributed by atoms with Crippen molar-refractivity contribution in [3.8, 4) is 0 Å². The molecule has 3 aromatic rings. The number of carbonyl (C=O) groups excluding carboxylic acids is 2. The minimum absolute atomic E-state index is 0.0880. The number of carbonyl (C=O) groups is 2. The largest absolute Gasteiger partial charge is 0.395 e. The van der Waals surface area contributed by atoms with Gasteiger partial charge < -0.3 is 25.4 Å². The molecular weight excluding hydrogens is 406 g/mol. The highest BCUT2D eigenvalue weighted by molar-refractivity contribution is 6.31. The van der Waals surface area contributed by atoms with E-state index in [1.54, 1.807) is 24.3 Å². The van der Waals surface area contributed by atoms with Gasteiger partial charge in [-0.05, 0) is 36.2 Å². The van der Waals surface area contributed by atoms with E-state index in [0.29, 0.717) is 10.7 Å². The van der Waals surface area contributed by atoms with Crippen molar-refractivity contribution in [1.29, 1.82) is 0 Å². The minimum Gasteiger partial charge on any atom is -0.395 e. The van der Waals surface area contributed by atoms with Crippen LogP contribution in [0.25, 0.3) is 10.9 Å². The van der Waals surface area contributed by atoms with E-state index in [2.05, 4.69) is 10.3 Å². The van der Waals surface area contributed by atoms with Crippen molar-refractivity contribution in [1.82, 2.24) is 15.2 Å². The van der Waals surface area contributed by atoms with Gasteiger partial charge in [-0.25, -0.2) is 0 Å². The molecule has 0 aliphatic heterocycles. The summed E-state index contributed by atoms with van der Waals surface area (Å²) in [5, 5.41) is 23.9. The maximum Gasteiger partial charge on any atom is 0.268 e. The van der Waals surface area contributed by atoms with Crippen molar-refractivity contribution in [3.05, 3.63) is 70.9 Å². The molecule has 0 saturated carbocycles. The van der Waals surface area contributed by atoms with Gasteiger partial charge in [0.25, 0.3) is 11.8 Å². The predicted molar refractivity (Wildman–Crippen MR) is 115 cm³/mol. The van der Waals surface area contributed by atoms with Crippen molar-refractivity contribution in [2.45, 2.75) is 18.6 Å². The van der Waals surface area contributed by atoms with Crippen molar-refractivity contribution in [2.75, 3.05) is 20.2 Å². The standard InChI is InChI=1S/C22H24ClN3O4/c1-26(9-10-27)22(30)20(28)18(11-14-5-3-2-4-6-14)25-21(29)19-13-15-12-16(23)7-8-17(15)24-19/h2-8,12-13,18,20,24,27-28H,9-11H2,1H3,(H,25,29)/t18-,20+/m0/s1. The molecule has 0 fully saturated rings. The molecule has 0 bridgehead atoms. The van der Waals surface area contributed by atoms with E-state index in [1.807, 2.05) is 30.3 Å². The lowest BCUT2D eigenvalue weighted by atomic mass is 10.00. The summed E-state index contributed by atoms with van der Waals surface area (Å²) in [5.41, 5.74) is 1.92. The molecule has 0 aliphatic carbocycles. The third kappa shape index (κ3) is 5.18. The smallest absolute Gasteiger partial charge is 0.268 e. The van der Waals surface area contributed by atoms with Crippen molar-refractivity contribution in [3.63, 3.8) is 0 Å². The predicted octanol–water partition coefficient (Wildman–Crippen LogP) is 1.97. The Bertz CT molecular complexity index is 1020. The number of rotatable bonds is 8. The first-order valence-corrected chi connectivity index (χ1v) is 9.94. The number of aliphatic hydroxyl groups excluding tert-OH is 2. The van der Waals surface area contributed by atoms with Crippen molar-refractivity contribution < 1.29 is 19.8 Å². The van der Waals surface area contributed by atoms with Gasteiger partial charge in [-0.15, -0.1) is 0 Å². The van der Waals surface area contributed by atoms with Crippen LogP contribution in [-0.2, 0) is 11.2 Å². The van der Waals surface area contributed by atoms with E-state index in [0.717, 1.165) is 16.5 Å². The lowest BCUT2D eigenvalue weighted by Crippen LogP contribution is -2.52. The summed E-state index contributed by atoms with van der Waals surface area (Å²) in [6.45, 7) is -0.132. The van der Waals surface area contributed by atoms with Gasteiger partial charge in [0.1, 0.15) is 5.69 Å². The number of H-pyrrole nitrogens is 1. The Balaban J connectivity index is 1.82. The summed E-state index contributed by atoms with van der Waals surface area (Å²) in [7, 11) is 1.49. The number of hydrogen-bond donors (Lipinski definition) is 4. The Labute approximate surface area is 179 Å². The van der Waals surface area contributed by atoms with Crippen LogP contribution in [0.15, 0.2) is 54.6 Å². The number of fused-ring (bicyclic) bond motifs is 1. The van der Waals surface area contributed by atoms with Gasteiger partial charge in [-0.3, -0.25) is 9.59 Å². The Morgan fingerprint density at radius 1 is 1.17 bits per heavy atom. The summed E-state index contributed by atoms with van der Waals surface area (Å²) in [5.74, 6) is -1.02. The first kappa shape index (κ1) is 21.8. The summed E-state index contributed by atoms with van der Waals surface area (Å²) in [6, 6.07) is 15.3. The summed E-state index contributed by atoms with van der Waals surface area (Å²) in [4.78, 5) is 29.7. The molecule has 0 radical (unpaired) electrons. The number of nitrogens with zero attached hydrogens (tertiary/aromatic N) is 1. The number of halogens is 1. The first-order valence-electron chi connectivity index (χ1n) is 9.56. The van der Waals surface area contributed by atoms with E-state index in [-0.39, 0.29) is 19.6 Å². The zero-order valence-corrected chi connectivity index (χ0v) is 17.3. The summed E-state index contributed by atoms with van der Waals surface area (Å²) in [6.07, 6.45) is -1.21. The highest BCUT2D eigenvalue weighted by atomic mass is 35.5. The number of amides is 2. The third-order valence-corrected chi connectivity index (χ3v) is 5.12. The topological polar surface area (TPSA) is 106 Å². The van der Waals surface area contributed by atoms with Crippen LogP contribution >= 0.6 is 11.6 Å². The van der Waals surface area contributed by atoms with Gasteiger partial charge in [0.05, 0.1) is 12.6 Å². The highest BCUT2D eigenvalue weighted by Gasteiger charge is 2.30. The maximum atomic E-state index is 12.9. The van der Waals surface area contributed by atoms with Gasteiger partial charge >= 0.3 is 0 Å². The van der Waals surface area contributed by atoms with Gasteiger partial charge in [0.2, 0.25) is 0 Å². The van der Waals surface area contributed by atoms with E-state index in [4.69, 9.17) is 16.7 Å². The number of nitrogens with one attached hydrogen (secondary N) is 2. The molecule has 8 heteroatoms. The van der Waals surface area contributed by atoms with Crippen LogP contribution in [0.3, 0.4) is 0 Å². The zero-order chi connectivity index (χ0) is 21.7. The summed E-state index contributed by atoms with van der Waals surface area (Å²) >= 11 is 6.01. The van der Waals surface area contributed by atoms with Gasteiger partial charge in [0, 0.05) is 29.5 Å². The normalized spacial score (nSPS) is 13.1. The second kappa shape index (κ2) is 9.75. The van der Waals surface area contributed by atoms with Crippen LogP contribution < -0.4 is 5.32 Å². The molecule has 7 nitrogen and oxygen atoms in total. The number of aromatic nitrogens is 1. The van der Waals surface area contributed by atoms with Gasteiger partial charge in [-0.2, -0.15) is 0 Å². The molecule has 0 spiro atoms. The fourth-order valence-electron chi connectivity index (χ4n) is 3.24. The van der Waals surface area contributed by atoms with Gasteiger partial charge in [-0.1, -0.05) is 41.9 Å². The first-order chi connectivity index (χ1) is 14.4. The number of benzene rings is 2. The lowest BCUT2D eigenvalue weighted by Gasteiger charge is -2.27. The van der Waals surface area contributed by atoms with Crippen molar-refractivity contribution >= 4 is 34.3 Å². The molecule has 3 rings (SSSR count). The zero-order valence-electron chi connectivity index (χ0n) is 16.5. The molecule has 4 N–H and O–H groups in total. The number of aliphatic hydroxyl groups is 2. The average molecular weight is 430 g/mol. The van der Waals surface area contributed by atoms with Crippen LogP contribution in [0.1, 0.15) is 16.1 Å². The second-order valence-electron chi connectivity index (χ2n) is 7.11. The maximum absolute atomic E-state index is 12.9. The van der Waals surface area contributed by atoms with E-state index >= 15 is 0 Å². The molecule has 0 unspecified atom stereocenters. The molecule has 1 aromatic heterocycles. The Hall–Kier alpha value is -2.87. The van der Waals surface area contributed by atoms with Crippen LogP contribution in [0.4, 0.5) is 0 Å². The quantitative estimate of drug-likeness (QED) is 0.439. The molecule has 1 heterocycles. The highest BCUT2D eigenvalue weighted by Crippen LogP contribution is 2.20. The van der Waals surface area contributed by atoms with Crippen LogP contribution in [0.5, 0.6) is 0 Å². The Morgan fingerprint density at radius 3 is 2.60 bits per heavy atom.